The number of hydrogen-bond donors (Lipinski definition) is 1. The third-order valence-electron chi connectivity index (χ3n) is 2.05. The van der Waals surface area contributed by atoms with Gasteiger partial charge in [-0.15, -0.1) is 0 Å². The molecule has 1 N–H and O–H groups in total. The van der Waals surface area contributed by atoms with Gasteiger partial charge >= 0.3 is 0 Å². The maximum Gasteiger partial charge on any atom is 0.191 e. The number of hydrogen-bond acceptors (Lipinski definition) is 4. The second-order valence-corrected chi connectivity index (χ2v) is 5.20. The molecule has 0 saturated heterocycles. The molecule has 1 aromatic carbocycles. The zero-order valence-electron chi connectivity index (χ0n) is 9.07. The van der Waals surface area contributed by atoms with E-state index >= 15 is 0 Å². The van der Waals surface area contributed by atoms with Crippen LogP contribution in [0, 0.1) is 6.92 Å². The van der Waals surface area contributed by atoms with Gasteiger partial charge in [-0.25, -0.2) is 8.42 Å². The first kappa shape index (κ1) is 12.0. The topological polar surface area (TPSA) is 55.4 Å². The molecule has 0 aliphatic carbocycles. The molecule has 0 amide bonds. The molecule has 0 atom stereocenters. The largest absolute Gasteiger partial charge is 0.497 e. The Labute approximate surface area is 90.2 Å². The Hall–Kier alpha value is -1.07. The number of nitrogens with one attached hydrogen (secondary N) is 1. The van der Waals surface area contributed by atoms with Crippen molar-refractivity contribution in [2.45, 2.75) is 11.8 Å². The van der Waals surface area contributed by atoms with Crippen molar-refractivity contribution in [3.63, 3.8) is 0 Å². The van der Waals surface area contributed by atoms with Gasteiger partial charge in [-0.05, 0) is 37.7 Å². The van der Waals surface area contributed by atoms with Crippen molar-refractivity contribution in [2.75, 3.05) is 20.0 Å². The van der Waals surface area contributed by atoms with Gasteiger partial charge in [0.1, 0.15) is 11.6 Å². The molecule has 84 valence electrons. The van der Waals surface area contributed by atoms with Gasteiger partial charge in [-0.1, -0.05) is 0 Å². The third-order valence-corrected chi connectivity index (χ3v) is 3.85. The quantitative estimate of drug-likeness (QED) is 0.835. The summed E-state index contributed by atoms with van der Waals surface area (Å²) in [5, 5.41) is 2.64. The van der Waals surface area contributed by atoms with Crippen molar-refractivity contribution in [2.24, 2.45) is 0 Å². The Balaban J connectivity index is 3.16. The zero-order chi connectivity index (χ0) is 11.5. The Kier molecular flexibility index (Phi) is 3.71. The molecule has 15 heavy (non-hydrogen) atoms. The fourth-order valence-corrected chi connectivity index (χ4v) is 2.73. The Morgan fingerprint density at radius 1 is 1.40 bits per heavy atom. The smallest absolute Gasteiger partial charge is 0.191 e. The number of methoxy groups -OCH3 is 1. The van der Waals surface area contributed by atoms with Crippen molar-refractivity contribution >= 4 is 9.84 Å². The fourth-order valence-electron chi connectivity index (χ4n) is 1.37. The van der Waals surface area contributed by atoms with Crippen LogP contribution in [0.5, 0.6) is 5.75 Å². The minimum Gasteiger partial charge on any atom is -0.497 e. The maximum atomic E-state index is 11.7. The summed E-state index contributed by atoms with van der Waals surface area (Å²) >= 11 is 0. The molecule has 0 heterocycles. The average molecular weight is 229 g/mol. The van der Waals surface area contributed by atoms with E-state index in [1.54, 1.807) is 39.3 Å². The van der Waals surface area contributed by atoms with Crippen LogP contribution in [0.2, 0.25) is 0 Å². The van der Waals surface area contributed by atoms with Gasteiger partial charge in [0.25, 0.3) is 0 Å². The molecule has 0 aliphatic rings. The van der Waals surface area contributed by atoms with Crippen LogP contribution < -0.4 is 10.1 Å². The predicted octanol–water partition coefficient (Wildman–Crippen LogP) is 0.954. The lowest BCUT2D eigenvalue weighted by Crippen LogP contribution is -2.19. The Morgan fingerprint density at radius 3 is 2.53 bits per heavy atom. The van der Waals surface area contributed by atoms with E-state index in [1.807, 2.05) is 0 Å². The molecule has 4 nitrogen and oxygen atoms in total. The second kappa shape index (κ2) is 4.63. The van der Waals surface area contributed by atoms with Gasteiger partial charge in [-0.2, -0.15) is 0 Å². The predicted molar refractivity (Wildman–Crippen MR) is 58.8 cm³/mol. The number of benzene rings is 1. The van der Waals surface area contributed by atoms with Gasteiger partial charge in [0, 0.05) is 0 Å². The van der Waals surface area contributed by atoms with Crippen LogP contribution in [0.25, 0.3) is 0 Å². The fraction of sp³-hybridized carbons (Fsp3) is 0.400. The van der Waals surface area contributed by atoms with E-state index < -0.39 is 9.84 Å². The van der Waals surface area contributed by atoms with Gasteiger partial charge in [0.2, 0.25) is 0 Å². The molecule has 0 aliphatic heterocycles. The maximum absolute atomic E-state index is 11.7. The normalized spacial score (nSPS) is 11.4. The van der Waals surface area contributed by atoms with Crippen LogP contribution in [0.15, 0.2) is 23.1 Å². The molecule has 0 aromatic heterocycles. The van der Waals surface area contributed by atoms with Crippen LogP contribution in [0.4, 0.5) is 0 Å². The highest BCUT2D eigenvalue weighted by molar-refractivity contribution is 7.91. The molecule has 0 unspecified atom stereocenters. The van der Waals surface area contributed by atoms with Crippen LogP contribution in [-0.4, -0.2) is 28.5 Å². The summed E-state index contributed by atoms with van der Waals surface area (Å²) in [5.74, 6) is 0.607. The van der Waals surface area contributed by atoms with Gasteiger partial charge in [-0.3, -0.25) is 0 Å². The van der Waals surface area contributed by atoms with Crippen molar-refractivity contribution in [3.8, 4) is 5.75 Å². The van der Waals surface area contributed by atoms with E-state index in [-0.39, 0.29) is 5.88 Å². The lowest BCUT2D eigenvalue weighted by Gasteiger charge is -2.08. The number of rotatable bonds is 4. The summed E-state index contributed by atoms with van der Waals surface area (Å²) in [7, 11) is -0.0730. The van der Waals surface area contributed by atoms with Gasteiger partial charge in [0.05, 0.1) is 12.0 Å². The first-order valence-electron chi connectivity index (χ1n) is 4.53. The molecule has 5 heteroatoms. The first-order chi connectivity index (χ1) is 7.01. The molecular weight excluding hydrogens is 214 g/mol. The van der Waals surface area contributed by atoms with Gasteiger partial charge in [0.15, 0.2) is 9.84 Å². The van der Waals surface area contributed by atoms with E-state index in [1.165, 1.54) is 0 Å². The van der Waals surface area contributed by atoms with E-state index in [4.69, 9.17) is 4.74 Å². The summed E-state index contributed by atoms with van der Waals surface area (Å²) in [6.45, 7) is 1.76. The highest BCUT2D eigenvalue weighted by atomic mass is 32.2. The van der Waals surface area contributed by atoms with Crippen LogP contribution in [0.1, 0.15) is 5.56 Å². The third kappa shape index (κ3) is 2.70. The minimum absolute atomic E-state index is 0.0554. The van der Waals surface area contributed by atoms with Crippen LogP contribution >= 0.6 is 0 Å². The number of sulfone groups is 1. The van der Waals surface area contributed by atoms with E-state index in [0.717, 1.165) is 0 Å². The summed E-state index contributed by atoms with van der Waals surface area (Å²) in [6.07, 6.45) is 0. The monoisotopic (exact) mass is 229 g/mol. The van der Waals surface area contributed by atoms with E-state index in [9.17, 15) is 8.42 Å². The lowest BCUT2D eigenvalue weighted by molar-refractivity contribution is 0.414. The van der Waals surface area contributed by atoms with Crippen LogP contribution in [0.3, 0.4) is 0 Å². The summed E-state index contributed by atoms with van der Waals surface area (Å²) in [6, 6.07) is 4.93. The first-order valence-corrected chi connectivity index (χ1v) is 6.18. The molecule has 1 aromatic rings. The van der Waals surface area contributed by atoms with Crippen molar-refractivity contribution < 1.29 is 13.2 Å². The minimum atomic E-state index is -3.23. The number of ether oxygens (including phenoxy) is 1. The lowest BCUT2D eigenvalue weighted by atomic mass is 10.2. The summed E-state index contributed by atoms with van der Waals surface area (Å²) in [5.41, 5.74) is 0.699. The molecule has 0 spiro atoms. The SMILES string of the molecule is CNCS(=O)(=O)c1ccc(OC)cc1C. The molecule has 0 bridgehead atoms. The number of aryl methyl sites for hydroxylation is 1. The zero-order valence-corrected chi connectivity index (χ0v) is 9.89. The van der Waals surface area contributed by atoms with Crippen molar-refractivity contribution in [1.29, 1.82) is 0 Å². The molecule has 0 fully saturated rings. The standard InChI is InChI=1S/C10H15NO3S/c1-8-6-9(14-3)4-5-10(8)15(12,13)7-11-2/h4-6,11H,7H2,1-3H3. The van der Waals surface area contributed by atoms with Crippen molar-refractivity contribution in [3.05, 3.63) is 23.8 Å². The van der Waals surface area contributed by atoms with Crippen LogP contribution in [-0.2, 0) is 9.84 Å². The highest BCUT2D eigenvalue weighted by Crippen LogP contribution is 2.21. The molecular formula is C10H15NO3S. The summed E-state index contributed by atoms with van der Waals surface area (Å²) < 4.78 is 28.5. The highest BCUT2D eigenvalue weighted by Gasteiger charge is 2.15. The van der Waals surface area contributed by atoms with E-state index in [2.05, 4.69) is 5.32 Å². The summed E-state index contributed by atoms with van der Waals surface area (Å²) in [4.78, 5) is 0.345. The van der Waals surface area contributed by atoms with E-state index in [0.29, 0.717) is 16.2 Å². The Bertz CT molecular complexity index is 440. The van der Waals surface area contributed by atoms with Crippen molar-refractivity contribution in [1.82, 2.24) is 5.32 Å². The van der Waals surface area contributed by atoms with Gasteiger partial charge < -0.3 is 10.1 Å². The Morgan fingerprint density at radius 2 is 2.07 bits per heavy atom. The molecule has 0 saturated carbocycles. The molecule has 0 radical (unpaired) electrons. The second-order valence-electron chi connectivity index (χ2n) is 3.24. The molecule has 1 rings (SSSR count). The average Bonchev–Trinajstić information content (AvgIpc) is 2.17.